The van der Waals surface area contributed by atoms with Crippen LogP contribution in [0.1, 0.15) is 46.0 Å². The predicted octanol–water partition coefficient (Wildman–Crippen LogP) is 1.44. The lowest BCUT2D eigenvalue weighted by Gasteiger charge is -2.31. The molecule has 100 valence electrons. The Labute approximate surface area is 104 Å². The third kappa shape index (κ3) is 3.96. The summed E-state index contributed by atoms with van der Waals surface area (Å²) in [5, 5.41) is 3.31. The van der Waals surface area contributed by atoms with E-state index in [0.29, 0.717) is 18.6 Å². The van der Waals surface area contributed by atoms with Gasteiger partial charge in [-0.2, -0.15) is 0 Å². The van der Waals surface area contributed by atoms with E-state index in [4.69, 9.17) is 10.5 Å². The molecule has 17 heavy (non-hydrogen) atoms. The number of carbonyl (C=O) groups excluding carboxylic acids is 1. The van der Waals surface area contributed by atoms with Crippen molar-refractivity contribution in [2.45, 2.75) is 51.5 Å². The van der Waals surface area contributed by atoms with Gasteiger partial charge in [0, 0.05) is 13.7 Å². The van der Waals surface area contributed by atoms with Gasteiger partial charge in [0.1, 0.15) is 0 Å². The molecule has 0 heterocycles. The quantitative estimate of drug-likeness (QED) is 0.566. The van der Waals surface area contributed by atoms with Crippen molar-refractivity contribution in [1.29, 1.82) is 0 Å². The number of carbonyl (C=O) groups is 1. The van der Waals surface area contributed by atoms with Crippen LogP contribution in [0.5, 0.6) is 0 Å². The molecule has 4 nitrogen and oxygen atoms in total. The van der Waals surface area contributed by atoms with Gasteiger partial charge in [0.15, 0.2) is 0 Å². The summed E-state index contributed by atoms with van der Waals surface area (Å²) in [5.41, 5.74) is 5.40. The van der Waals surface area contributed by atoms with Crippen LogP contribution in [0, 0.1) is 5.41 Å². The number of primary amides is 1. The number of methoxy groups -OCH3 is 1. The monoisotopic (exact) mass is 242 g/mol. The maximum absolute atomic E-state index is 11.8. The normalized spacial score (nSPS) is 28.6. The highest BCUT2D eigenvalue weighted by molar-refractivity contribution is 5.84. The van der Waals surface area contributed by atoms with Crippen molar-refractivity contribution in [1.82, 2.24) is 5.32 Å². The third-order valence-corrected chi connectivity index (χ3v) is 3.93. The minimum absolute atomic E-state index is 0.216. The fourth-order valence-electron chi connectivity index (χ4n) is 2.57. The molecule has 0 radical (unpaired) electrons. The van der Waals surface area contributed by atoms with Crippen LogP contribution in [-0.2, 0) is 9.53 Å². The maximum atomic E-state index is 11.8. The zero-order chi connectivity index (χ0) is 12.9. The van der Waals surface area contributed by atoms with Gasteiger partial charge in [-0.3, -0.25) is 4.79 Å². The van der Waals surface area contributed by atoms with Crippen molar-refractivity contribution in [2.24, 2.45) is 11.1 Å². The summed E-state index contributed by atoms with van der Waals surface area (Å²) in [6.45, 7) is 5.82. The van der Waals surface area contributed by atoms with Crippen LogP contribution >= 0.6 is 0 Å². The van der Waals surface area contributed by atoms with E-state index in [0.717, 1.165) is 32.1 Å². The first kappa shape index (κ1) is 14.5. The highest BCUT2D eigenvalue weighted by atomic mass is 16.5. The standard InChI is InChI=1S/C13H26N2O2/c1-12(2)5-4-6-13(8-7-12,11(14)16)15-9-10-17-3/h15H,4-10H2,1-3H3,(H2,14,16). The average molecular weight is 242 g/mol. The van der Waals surface area contributed by atoms with Crippen LogP contribution in [0.15, 0.2) is 0 Å². The SMILES string of the molecule is COCCNC1(C(N)=O)CCCC(C)(C)CC1. The van der Waals surface area contributed by atoms with E-state index in [1.807, 2.05) is 0 Å². The van der Waals surface area contributed by atoms with Gasteiger partial charge in [-0.25, -0.2) is 0 Å². The van der Waals surface area contributed by atoms with Gasteiger partial charge >= 0.3 is 0 Å². The number of hydrogen-bond acceptors (Lipinski definition) is 3. The molecule has 0 saturated heterocycles. The molecule has 1 fully saturated rings. The Balaban J connectivity index is 2.67. The van der Waals surface area contributed by atoms with Gasteiger partial charge in [-0.05, 0) is 31.1 Å². The lowest BCUT2D eigenvalue weighted by Crippen LogP contribution is -2.56. The first-order valence-electron chi connectivity index (χ1n) is 6.46. The fourth-order valence-corrected chi connectivity index (χ4v) is 2.57. The van der Waals surface area contributed by atoms with Crippen molar-refractivity contribution < 1.29 is 9.53 Å². The van der Waals surface area contributed by atoms with Crippen LogP contribution < -0.4 is 11.1 Å². The topological polar surface area (TPSA) is 64.3 Å². The van der Waals surface area contributed by atoms with Crippen molar-refractivity contribution >= 4 is 5.91 Å². The molecular formula is C13H26N2O2. The summed E-state index contributed by atoms with van der Waals surface area (Å²) < 4.78 is 5.02. The Hall–Kier alpha value is -0.610. The smallest absolute Gasteiger partial charge is 0.237 e. The summed E-state index contributed by atoms with van der Waals surface area (Å²) in [6, 6.07) is 0. The molecule has 1 atom stereocenters. The number of rotatable bonds is 5. The molecule has 1 aliphatic carbocycles. The first-order valence-corrected chi connectivity index (χ1v) is 6.46. The molecule has 0 aliphatic heterocycles. The van der Waals surface area contributed by atoms with Gasteiger partial charge in [0.25, 0.3) is 0 Å². The lowest BCUT2D eigenvalue weighted by atomic mass is 9.83. The predicted molar refractivity (Wildman–Crippen MR) is 68.7 cm³/mol. The molecule has 0 aromatic heterocycles. The van der Waals surface area contributed by atoms with E-state index in [-0.39, 0.29) is 5.91 Å². The van der Waals surface area contributed by atoms with Crippen molar-refractivity contribution in [2.75, 3.05) is 20.3 Å². The zero-order valence-corrected chi connectivity index (χ0v) is 11.3. The number of nitrogens with one attached hydrogen (secondary N) is 1. The third-order valence-electron chi connectivity index (χ3n) is 3.93. The molecule has 3 N–H and O–H groups in total. The van der Waals surface area contributed by atoms with Crippen molar-refractivity contribution in [3.8, 4) is 0 Å². The first-order chi connectivity index (χ1) is 7.92. The van der Waals surface area contributed by atoms with Crippen molar-refractivity contribution in [3.63, 3.8) is 0 Å². The summed E-state index contributed by atoms with van der Waals surface area (Å²) in [6.07, 6.45) is 4.92. The summed E-state index contributed by atoms with van der Waals surface area (Å²) in [5.74, 6) is -0.216. The molecule has 0 spiro atoms. The van der Waals surface area contributed by atoms with Crippen molar-refractivity contribution in [3.05, 3.63) is 0 Å². The Morgan fingerprint density at radius 3 is 2.59 bits per heavy atom. The van der Waals surface area contributed by atoms with E-state index in [2.05, 4.69) is 19.2 Å². The van der Waals surface area contributed by atoms with Gasteiger partial charge < -0.3 is 15.8 Å². The largest absolute Gasteiger partial charge is 0.383 e. The minimum Gasteiger partial charge on any atom is -0.383 e. The van der Waals surface area contributed by atoms with Gasteiger partial charge in [0.2, 0.25) is 5.91 Å². The lowest BCUT2D eigenvalue weighted by molar-refractivity contribution is -0.125. The molecule has 1 saturated carbocycles. The van der Waals surface area contributed by atoms with E-state index in [9.17, 15) is 4.79 Å². The summed E-state index contributed by atoms with van der Waals surface area (Å²) in [4.78, 5) is 11.8. The Morgan fingerprint density at radius 2 is 2.00 bits per heavy atom. The molecule has 0 aromatic carbocycles. The second-order valence-electron chi connectivity index (χ2n) is 5.88. The molecule has 1 unspecified atom stereocenters. The summed E-state index contributed by atoms with van der Waals surface area (Å²) in [7, 11) is 1.66. The average Bonchev–Trinajstić information content (AvgIpc) is 2.39. The van der Waals surface area contributed by atoms with E-state index >= 15 is 0 Å². The highest BCUT2D eigenvalue weighted by Gasteiger charge is 2.39. The van der Waals surface area contributed by atoms with Gasteiger partial charge in [-0.15, -0.1) is 0 Å². The fraction of sp³-hybridized carbons (Fsp3) is 0.923. The van der Waals surface area contributed by atoms with Crippen LogP contribution in [0.3, 0.4) is 0 Å². The number of nitrogens with two attached hydrogens (primary N) is 1. The second kappa shape index (κ2) is 5.83. The molecule has 1 amide bonds. The number of amides is 1. The van der Waals surface area contributed by atoms with Crippen LogP contribution in [-0.4, -0.2) is 31.7 Å². The molecule has 1 rings (SSSR count). The van der Waals surface area contributed by atoms with E-state index < -0.39 is 5.54 Å². The van der Waals surface area contributed by atoms with E-state index in [1.165, 1.54) is 0 Å². The number of hydrogen-bond donors (Lipinski definition) is 2. The van der Waals surface area contributed by atoms with Gasteiger partial charge in [0.05, 0.1) is 12.1 Å². The van der Waals surface area contributed by atoms with Crippen LogP contribution in [0.25, 0.3) is 0 Å². The minimum atomic E-state index is -0.522. The second-order valence-corrected chi connectivity index (χ2v) is 5.88. The van der Waals surface area contributed by atoms with Crippen LogP contribution in [0.4, 0.5) is 0 Å². The highest BCUT2D eigenvalue weighted by Crippen LogP contribution is 2.37. The Morgan fingerprint density at radius 1 is 1.29 bits per heavy atom. The molecule has 1 aliphatic rings. The molecule has 0 aromatic rings. The van der Waals surface area contributed by atoms with Gasteiger partial charge in [-0.1, -0.05) is 20.3 Å². The zero-order valence-electron chi connectivity index (χ0n) is 11.3. The Bertz CT molecular complexity index is 266. The maximum Gasteiger partial charge on any atom is 0.237 e. The molecular weight excluding hydrogens is 216 g/mol. The summed E-state index contributed by atoms with van der Waals surface area (Å²) >= 11 is 0. The molecule has 4 heteroatoms. The van der Waals surface area contributed by atoms with Crippen LogP contribution in [0.2, 0.25) is 0 Å². The molecule has 0 bridgehead atoms. The Kier molecular flexibility index (Phi) is 4.95. The van der Waals surface area contributed by atoms with E-state index in [1.54, 1.807) is 7.11 Å². The number of ether oxygens (including phenoxy) is 1.